The largest absolute Gasteiger partial charge is 0.341 e. The minimum atomic E-state index is -0.335. The Morgan fingerprint density at radius 2 is 2.04 bits per heavy atom. The van der Waals surface area contributed by atoms with Crippen molar-refractivity contribution in [1.29, 1.82) is 0 Å². The van der Waals surface area contributed by atoms with Gasteiger partial charge in [0.05, 0.1) is 5.69 Å². The summed E-state index contributed by atoms with van der Waals surface area (Å²) in [5, 5.41) is 10.1. The molecule has 3 rings (SSSR count). The number of amides is 3. The zero-order chi connectivity index (χ0) is 17.8. The van der Waals surface area contributed by atoms with Gasteiger partial charge in [0, 0.05) is 36.1 Å². The van der Waals surface area contributed by atoms with Crippen molar-refractivity contribution in [2.75, 3.05) is 17.7 Å². The van der Waals surface area contributed by atoms with Crippen LogP contribution in [-0.4, -0.2) is 28.4 Å². The fourth-order valence-corrected chi connectivity index (χ4v) is 3.14. The number of nitrogens with zero attached hydrogens (tertiary/aromatic N) is 2. The Bertz CT molecular complexity index is 962. The average Bonchev–Trinajstić information content (AvgIpc) is 3.14. The number of carbonyl (C=O) groups excluding carboxylic acids is 2. The van der Waals surface area contributed by atoms with Gasteiger partial charge in [-0.15, -0.1) is 11.3 Å². The molecule has 0 saturated carbocycles. The number of hydrogen-bond donors (Lipinski definition) is 3. The molecule has 2 heterocycles. The maximum Gasteiger partial charge on any atom is 0.318 e. The number of benzene rings is 1. The Labute approximate surface area is 152 Å². The molecule has 2 aromatic heterocycles. The van der Waals surface area contributed by atoms with E-state index in [0.717, 1.165) is 4.96 Å². The summed E-state index contributed by atoms with van der Waals surface area (Å²) in [5.41, 5.74) is 1.77. The van der Waals surface area contributed by atoms with Gasteiger partial charge >= 0.3 is 6.03 Å². The van der Waals surface area contributed by atoms with E-state index in [1.165, 1.54) is 24.5 Å². The molecule has 0 unspecified atom stereocenters. The molecule has 0 atom stereocenters. The topological polar surface area (TPSA) is 87.5 Å². The highest BCUT2D eigenvalue weighted by Crippen LogP contribution is 2.22. The standard InChI is InChI=1S/C16H14ClN5O2S/c1-18-15(24)20-11-4-2-3-10(9-11)19-13(23)6-5-12-14(17)21-16-22(12)7-8-25-16/h2-9H,1H3,(H,19,23)(H2,18,20,24)/b6-5+. The molecular weight excluding hydrogens is 362 g/mol. The summed E-state index contributed by atoms with van der Waals surface area (Å²) >= 11 is 7.54. The van der Waals surface area contributed by atoms with Crippen LogP contribution in [0.25, 0.3) is 11.0 Å². The van der Waals surface area contributed by atoms with Crippen molar-refractivity contribution in [2.24, 2.45) is 0 Å². The molecule has 128 valence electrons. The number of thiazole rings is 1. The monoisotopic (exact) mass is 375 g/mol. The van der Waals surface area contributed by atoms with Gasteiger partial charge < -0.3 is 16.0 Å². The molecule has 3 aromatic rings. The highest BCUT2D eigenvalue weighted by molar-refractivity contribution is 7.15. The predicted octanol–water partition coefficient (Wildman–Crippen LogP) is 3.45. The molecule has 7 nitrogen and oxygen atoms in total. The van der Waals surface area contributed by atoms with Crippen molar-refractivity contribution < 1.29 is 9.59 Å². The van der Waals surface area contributed by atoms with Gasteiger partial charge in [0.1, 0.15) is 0 Å². The molecule has 0 aliphatic rings. The third-order valence-electron chi connectivity index (χ3n) is 3.26. The first-order valence-corrected chi connectivity index (χ1v) is 8.51. The van der Waals surface area contributed by atoms with Crippen molar-refractivity contribution in [2.45, 2.75) is 0 Å². The van der Waals surface area contributed by atoms with Crippen LogP contribution in [0.2, 0.25) is 5.15 Å². The van der Waals surface area contributed by atoms with E-state index in [9.17, 15) is 9.59 Å². The van der Waals surface area contributed by atoms with E-state index in [0.29, 0.717) is 22.2 Å². The number of carbonyl (C=O) groups is 2. The lowest BCUT2D eigenvalue weighted by atomic mass is 10.2. The first-order valence-electron chi connectivity index (χ1n) is 7.26. The molecule has 9 heteroatoms. The van der Waals surface area contributed by atoms with Crippen LogP contribution in [0.4, 0.5) is 16.2 Å². The summed E-state index contributed by atoms with van der Waals surface area (Å²) in [4.78, 5) is 28.4. The van der Waals surface area contributed by atoms with Crippen LogP contribution < -0.4 is 16.0 Å². The molecule has 1 aromatic carbocycles. The van der Waals surface area contributed by atoms with Gasteiger partial charge in [-0.3, -0.25) is 9.20 Å². The minimum absolute atomic E-state index is 0.321. The van der Waals surface area contributed by atoms with Gasteiger partial charge in [-0.2, -0.15) is 0 Å². The lowest BCUT2D eigenvalue weighted by Gasteiger charge is -2.07. The number of nitrogens with one attached hydrogen (secondary N) is 3. The Morgan fingerprint density at radius 3 is 2.80 bits per heavy atom. The third kappa shape index (κ3) is 3.98. The third-order valence-corrected chi connectivity index (χ3v) is 4.30. The lowest BCUT2D eigenvalue weighted by molar-refractivity contribution is -0.111. The van der Waals surface area contributed by atoms with Crippen molar-refractivity contribution >= 4 is 57.3 Å². The van der Waals surface area contributed by atoms with Crippen LogP contribution in [-0.2, 0) is 4.79 Å². The van der Waals surface area contributed by atoms with Crippen LogP contribution in [0.1, 0.15) is 5.69 Å². The number of halogens is 1. The number of imidazole rings is 1. The van der Waals surface area contributed by atoms with E-state index in [4.69, 9.17) is 11.6 Å². The Balaban J connectivity index is 1.70. The van der Waals surface area contributed by atoms with Gasteiger partial charge in [-0.1, -0.05) is 17.7 Å². The highest BCUT2D eigenvalue weighted by Gasteiger charge is 2.09. The van der Waals surface area contributed by atoms with Gasteiger partial charge in [0.2, 0.25) is 5.91 Å². The maximum absolute atomic E-state index is 12.1. The summed E-state index contributed by atoms with van der Waals surface area (Å²) < 4.78 is 1.81. The Morgan fingerprint density at radius 1 is 1.28 bits per heavy atom. The van der Waals surface area contributed by atoms with Gasteiger partial charge in [-0.05, 0) is 24.3 Å². The number of hydrogen-bond acceptors (Lipinski definition) is 4. The second-order valence-electron chi connectivity index (χ2n) is 4.95. The molecular formula is C16H14ClN5O2S. The zero-order valence-corrected chi connectivity index (χ0v) is 14.7. The average molecular weight is 376 g/mol. The number of fused-ring (bicyclic) bond motifs is 1. The Hall–Kier alpha value is -2.84. The SMILES string of the molecule is CNC(=O)Nc1cccc(NC(=O)/C=C/c2c(Cl)nc3sccn23)c1. The van der Waals surface area contributed by atoms with Crippen LogP contribution in [0.5, 0.6) is 0 Å². The van der Waals surface area contributed by atoms with Crippen LogP contribution in [0.3, 0.4) is 0 Å². The van der Waals surface area contributed by atoms with E-state index in [1.807, 2.05) is 16.0 Å². The summed E-state index contributed by atoms with van der Waals surface area (Å²) in [6.07, 6.45) is 4.83. The minimum Gasteiger partial charge on any atom is -0.341 e. The smallest absolute Gasteiger partial charge is 0.318 e. The van der Waals surface area contributed by atoms with E-state index in [1.54, 1.807) is 30.3 Å². The summed E-state index contributed by atoms with van der Waals surface area (Å²) in [6.45, 7) is 0. The highest BCUT2D eigenvalue weighted by atomic mass is 35.5. The summed E-state index contributed by atoms with van der Waals surface area (Å²) in [5.74, 6) is -0.321. The second kappa shape index (κ2) is 7.37. The van der Waals surface area contributed by atoms with E-state index < -0.39 is 0 Å². The number of anilines is 2. The first-order chi connectivity index (χ1) is 12.1. The molecule has 0 radical (unpaired) electrons. The van der Waals surface area contributed by atoms with Gasteiger partial charge in [0.15, 0.2) is 10.1 Å². The summed E-state index contributed by atoms with van der Waals surface area (Å²) in [6, 6.07) is 6.50. The van der Waals surface area contributed by atoms with E-state index >= 15 is 0 Å². The number of urea groups is 1. The lowest BCUT2D eigenvalue weighted by Crippen LogP contribution is -2.24. The van der Waals surface area contributed by atoms with Crippen LogP contribution in [0, 0.1) is 0 Å². The molecule has 0 aliphatic carbocycles. The molecule has 0 saturated heterocycles. The van der Waals surface area contributed by atoms with E-state index in [-0.39, 0.29) is 11.9 Å². The van der Waals surface area contributed by atoms with Gasteiger partial charge in [0.25, 0.3) is 0 Å². The first kappa shape index (κ1) is 17.0. The van der Waals surface area contributed by atoms with Crippen LogP contribution in [0.15, 0.2) is 41.9 Å². The van der Waals surface area contributed by atoms with E-state index in [2.05, 4.69) is 20.9 Å². The molecule has 25 heavy (non-hydrogen) atoms. The maximum atomic E-state index is 12.1. The van der Waals surface area contributed by atoms with Crippen molar-refractivity contribution in [3.8, 4) is 0 Å². The zero-order valence-electron chi connectivity index (χ0n) is 13.1. The van der Waals surface area contributed by atoms with Crippen molar-refractivity contribution in [3.63, 3.8) is 0 Å². The second-order valence-corrected chi connectivity index (χ2v) is 6.18. The molecule has 0 bridgehead atoms. The molecule has 0 aliphatic heterocycles. The van der Waals surface area contributed by atoms with Crippen molar-refractivity contribution in [3.05, 3.63) is 52.8 Å². The molecule has 0 spiro atoms. The number of rotatable bonds is 4. The fraction of sp³-hybridized carbons (Fsp3) is 0.0625. The number of aromatic nitrogens is 2. The summed E-state index contributed by atoms with van der Waals surface area (Å²) in [7, 11) is 1.53. The van der Waals surface area contributed by atoms with Crippen molar-refractivity contribution in [1.82, 2.24) is 14.7 Å². The molecule has 3 amide bonds. The van der Waals surface area contributed by atoms with Gasteiger partial charge in [-0.25, -0.2) is 9.78 Å². The Kier molecular flexibility index (Phi) is 5.01. The molecule has 3 N–H and O–H groups in total. The molecule has 0 fully saturated rings. The van der Waals surface area contributed by atoms with Crippen LogP contribution >= 0.6 is 22.9 Å². The fourth-order valence-electron chi connectivity index (χ4n) is 2.13. The quantitative estimate of drug-likeness (QED) is 0.610. The normalized spacial score (nSPS) is 11.0. The predicted molar refractivity (Wildman–Crippen MR) is 100 cm³/mol.